The summed E-state index contributed by atoms with van der Waals surface area (Å²) in [6, 6.07) is 4.52. The number of hydrogen-bond acceptors (Lipinski definition) is 11. The predicted molar refractivity (Wildman–Crippen MR) is 254 cm³/mol. The number of imide groups is 1. The highest BCUT2D eigenvalue weighted by atomic mass is 32.2. The van der Waals surface area contributed by atoms with Crippen molar-refractivity contribution in [2.75, 3.05) is 50.2 Å². The number of thioether (sulfide) groups is 1. The third-order valence-corrected chi connectivity index (χ3v) is 14.8. The number of anilines is 1. The number of hydrogen-bond donors (Lipinski definition) is 3. The number of alkyl halides is 3. The molecule has 70 heavy (non-hydrogen) atoms. The molecule has 0 bridgehead atoms. The van der Waals surface area contributed by atoms with Crippen molar-refractivity contribution in [1.82, 2.24) is 40.6 Å². The van der Waals surface area contributed by atoms with Gasteiger partial charge >= 0.3 is 6.18 Å². The van der Waals surface area contributed by atoms with Crippen molar-refractivity contribution in [3.05, 3.63) is 64.2 Å². The van der Waals surface area contributed by atoms with Crippen LogP contribution in [0.2, 0.25) is 0 Å². The molecule has 0 spiro atoms. The largest absolute Gasteiger partial charge is 0.416 e. The predicted octanol–water partition coefficient (Wildman–Crippen LogP) is 5.19. The van der Waals surface area contributed by atoms with Crippen LogP contribution in [0.4, 0.5) is 19.0 Å². The van der Waals surface area contributed by atoms with Gasteiger partial charge in [-0.3, -0.25) is 38.6 Å². The molecule has 17 nitrogen and oxygen atoms in total. The fraction of sp³-hybridized carbons (Fsp3) is 0.612. The Morgan fingerprint density at radius 1 is 1.00 bits per heavy atom. The number of quaternary nitrogens is 1. The number of aryl methyl sites for hydroxylation is 1. The Hall–Kier alpha value is -5.41. The Balaban J connectivity index is 1.03. The van der Waals surface area contributed by atoms with Gasteiger partial charge in [-0.15, -0.1) is 22.0 Å². The molecule has 2 aromatic heterocycles. The molecule has 3 N–H and O–H groups in total. The zero-order chi connectivity index (χ0) is 50.5. The second-order valence-corrected chi connectivity index (χ2v) is 21.3. The molecule has 7 rings (SSSR count). The zero-order valence-electron chi connectivity index (χ0n) is 41.0. The topological polar surface area (TPSA) is 198 Å². The van der Waals surface area contributed by atoms with Gasteiger partial charge < -0.3 is 29.7 Å². The first-order chi connectivity index (χ1) is 33.2. The third-order valence-electron chi connectivity index (χ3n) is 14.0. The number of amides is 6. The lowest BCUT2D eigenvalue weighted by atomic mass is 9.76. The van der Waals surface area contributed by atoms with Gasteiger partial charge in [-0.2, -0.15) is 13.2 Å². The number of aromatic nitrogens is 4. The van der Waals surface area contributed by atoms with Crippen LogP contribution in [-0.2, 0) is 66.9 Å². The number of carbonyl (C=O) groups is 6. The second kappa shape index (κ2) is 21.9. The van der Waals surface area contributed by atoms with Gasteiger partial charge in [0.25, 0.3) is 5.91 Å². The van der Waals surface area contributed by atoms with Crippen molar-refractivity contribution in [1.29, 1.82) is 0 Å². The number of ether oxygens (including phenoxy) is 1. The van der Waals surface area contributed by atoms with Gasteiger partial charge in [0, 0.05) is 61.7 Å². The number of rotatable bonds is 21. The van der Waals surface area contributed by atoms with Crippen LogP contribution in [0.5, 0.6) is 0 Å². The summed E-state index contributed by atoms with van der Waals surface area (Å²) < 4.78 is 53.2. The summed E-state index contributed by atoms with van der Waals surface area (Å²) >= 11 is 1.47. The highest BCUT2D eigenvalue weighted by Crippen LogP contribution is 2.43. The van der Waals surface area contributed by atoms with Crippen LogP contribution in [0.3, 0.4) is 0 Å². The first-order valence-corrected chi connectivity index (χ1v) is 25.4. The fourth-order valence-electron chi connectivity index (χ4n) is 10.1. The summed E-state index contributed by atoms with van der Waals surface area (Å²) in [4.78, 5) is 85.6. The maximum absolute atomic E-state index is 15.1. The first kappa shape index (κ1) is 52.4. The highest BCUT2D eigenvalue weighted by Gasteiger charge is 2.45. The number of nitrogens with zero attached hydrogens (tertiary/aromatic N) is 7. The van der Waals surface area contributed by atoms with Crippen molar-refractivity contribution < 1.29 is 51.2 Å². The molecule has 4 aliphatic rings. The van der Waals surface area contributed by atoms with Crippen molar-refractivity contribution in [3.63, 3.8) is 0 Å². The van der Waals surface area contributed by atoms with Crippen LogP contribution in [0, 0.1) is 11.8 Å². The lowest BCUT2D eigenvalue weighted by molar-refractivity contribution is -0.949. The second-order valence-electron chi connectivity index (χ2n) is 20.0. The van der Waals surface area contributed by atoms with E-state index in [9.17, 15) is 28.8 Å². The van der Waals surface area contributed by atoms with Gasteiger partial charge in [-0.1, -0.05) is 34.1 Å². The highest BCUT2D eigenvalue weighted by molar-refractivity contribution is 7.99. The molecular formula is C49H66F3N10O7S+. The number of nitrogens with one attached hydrogen (secondary N) is 3. The number of benzene rings is 1. The Morgan fingerprint density at radius 2 is 1.74 bits per heavy atom. The number of halogens is 3. The molecule has 3 saturated heterocycles. The molecule has 4 aliphatic heterocycles. The minimum Gasteiger partial charge on any atom is -0.379 e. The molecule has 3 unspecified atom stereocenters. The Bertz CT molecular complexity index is 2450. The van der Waals surface area contributed by atoms with Gasteiger partial charge in [-0.05, 0) is 79.7 Å². The zero-order valence-corrected chi connectivity index (χ0v) is 41.8. The van der Waals surface area contributed by atoms with E-state index in [1.165, 1.54) is 28.5 Å². The monoisotopic (exact) mass is 995 g/mol. The van der Waals surface area contributed by atoms with E-state index in [4.69, 9.17) is 9.72 Å². The van der Waals surface area contributed by atoms with E-state index in [1.807, 2.05) is 24.6 Å². The molecule has 6 heterocycles. The number of piperidine rings is 1. The number of unbranched alkanes of at least 4 members (excludes halogenated alkanes) is 2. The Morgan fingerprint density at radius 3 is 2.37 bits per heavy atom. The summed E-state index contributed by atoms with van der Waals surface area (Å²) in [7, 11) is 1.86. The van der Waals surface area contributed by atoms with Crippen LogP contribution in [0.25, 0.3) is 0 Å². The number of likely N-dealkylation sites (tertiary alicyclic amines) is 2. The normalized spacial score (nSPS) is 20.9. The molecule has 3 aromatic rings. The van der Waals surface area contributed by atoms with Gasteiger partial charge in [0.15, 0.2) is 6.67 Å². The van der Waals surface area contributed by atoms with Gasteiger partial charge in [0.2, 0.25) is 29.5 Å². The fourth-order valence-corrected chi connectivity index (χ4v) is 10.8. The summed E-state index contributed by atoms with van der Waals surface area (Å²) in [6.45, 7) is 11.2. The summed E-state index contributed by atoms with van der Waals surface area (Å²) in [6.07, 6.45) is 1.31. The van der Waals surface area contributed by atoms with Crippen molar-refractivity contribution in [2.24, 2.45) is 18.9 Å². The molecule has 380 valence electrons. The van der Waals surface area contributed by atoms with Gasteiger partial charge in [0.05, 0.1) is 43.4 Å². The standard InChI is InChI=1S/C49H65F3N10O7S/c1-7-70-41-21-34(48(26-69-27-48)22-39-58-54-28-59(39)6)20-38(56-41)61-23-36-35(47(61)68)18-33(19-37(36)49(50,51)52)25-62(17-11-12-31(4)24-62)29-53-45(66)32(5)55-46(67)44(30(2)3)57-40(63)13-9-8-10-16-60-42(64)14-15-43(60)65/h18-21,28,30-32,44H,7-17,22-27,29H2,1-6H3,(H2-,53,55,57,63,66,67)/p+1/t31-,32?,44?,62?/m0/s1. The Labute approximate surface area is 411 Å². The Kier molecular flexibility index (Phi) is 16.4. The maximum Gasteiger partial charge on any atom is 0.416 e. The average molecular weight is 996 g/mol. The van der Waals surface area contributed by atoms with Crippen LogP contribution < -0.4 is 20.9 Å². The van der Waals surface area contributed by atoms with E-state index in [0.29, 0.717) is 74.9 Å². The maximum atomic E-state index is 15.1. The van der Waals surface area contributed by atoms with Crippen molar-refractivity contribution in [3.8, 4) is 0 Å². The molecule has 0 saturated carbocycles. The van der Waals surface area contributed by atoms with Gasteiger partial charge in [-0.25, -0.2) is 4.98 Å². The smallest absolute Gasteiger partial charge is 0.379 e. The summed E-state index contributed by atoms with van der Waals surface area (Å²) in [5.41, 5.74) is -0.366. The van der Waals surface area contributed by atoms with Gasteiger partial charge in [0.1, 0.15) is 36.6 Å². The summed E-state index contributed by atoms with van der Waals surface area (Å²) in [5, 5.41) is 17.4. The van der Waals surface area contributed by atoms with Crippen molar-refractivity contribution in [2.45, 2.75) is 134 Å². The minimum atomic E-state index is -4.77. The minimum absolute atomic E-state index is 0.0363. The molecule has 0 radical (unpaired) electrons. The van der Waals surface area contributed by atoms with E-state index in [-0.39, 0.29) is 90.0 Å². The molecule has 4 atom stereocenters. The molecule has 1 aromatic carbocycles. The lowest BCUT2D eigenvalue weighted by Crippen LogP contribution is -2.60. The van der Waals surface area contributed by atoms with Crippen LogP contribution in [-0.4, -0.2) is 122 Å². The third kappa shape index (κ3) is 12.0. The molecule has 3 fully saturated rings. The number of fused-ring (bicyclic) bond motifs is 1. The molecule has 6 amide bonds. The van der Waals surface area contributed by atoms with E-state index in [1.54, 1.807) is 32.3 Å². The average Bonchev–Trinajstić information content (AvgIpc) is 3.96. The first-order valence-electron chi connectivity index (χ1n) is 24.4. The van der Waals surface area contributed by atoms with Crippen molar-refractivity contribution >= 4 is 53.0 Å². The molecule has 0 aliphatic carbocycles. The van der Waals surface area contributed by atoms with E-state index >= 15 is 13.2 Å². The molecule has 21 heteroatoms. The quantitative estimate of drug-likeness (QED) is 0.0550. The van der Waals surface area contributed by atoms with Crippen LogP contribution in [0.15, 0.2) is 35.6 Å². The lowest BCUT2D eigenvalue weighted by Gasteiger charge is -2.44. The van der Waals surface area contributed by atoms with E-state index in [0.717, 1.165) is 30.3 Å². The summed E-state index contributed by atoms with van der Waals surface area (Å²) in [5.74, 6) is -0.733. The van der Waals surface area contributed by atoms with E-state index in [2.05, 4.69) is 33.1 Å². The van der Waals surface area contributed by atoms with Crippen LogP contribution >= 0.6 is 11.8 Å². The number of pyridine rings is 1. The van der Waals surface area contributed by atoms with Crippen LogP contribution in [0.1, 0.15) is 124 Å². The SMILES string of the molecule is CCSc1cc(C2(Cc3nncn3C)COC2)cc(N2Cc3c(cc(C[N+]4(CNC(=O)C(C)NC(=O)C(NC(=O)CCCCCN5C(=O)CCC5=O)C(C)C)CCC[C@H](C)C4)cc3C(F)(F)F)C2=O)n1. The molecular weight excluding hydrogens is 930 g/mol. The number of carbonyl (C=O) groups excluding carboxylic acids is 6. The van der Waals surface area contributed by atoms with E-state index < -0.39 is 47.0 Å².